The Labute approximate surface area is 126 Å². The Morgan fingerprint density at radius 2 is 1.64 bits per heavy atom. The lowest BCUT2D eigenvalue weighted by Gasteiger charge is -2.22. The minimum atomic E-state index is -2.32. The molecule has 1 atom stereocenters. The van der Waals surface area contributed by atoms with E-state index in [4.69, 9.17) is 4.74 Å². The van der Waals surface area contributed by atoms with Crippen molar-refractivity contribution in [2.24, 2.45) is 0 Å². The van der Waals surface area contributed by atoms with Crippen LogP contribution >= 0.6 is 0 Å². The van der Waals surface area contributed by atoms with E-state index in [1.807, 2.05) is 0 Å². The molecule has 2 aromatic rings. The van der Waals surface area contributed by atoms with Crippen molar-refractivity contribution < 1.29 is 24.5 Å². The molecule has 3 rings (SSSR count). The molecule has 0 bridgehead atoms. The Hall–Kier alpha value is -2.92. The highest BCUT2D eigenvalue weighted by atomic mass is 16.6. The first kappa shape index (κ1) is 14.0. The van der Waals surface area contributed by atoms with Crippen LogP contribution in [0.3, 0.4) is 0 Å². The molecule has 110 valence electrons. The summed E-state index contributed by atoms with van der Waals surface area (Å²) in [6.45, 7) is 0. The van der Waals surface area contributed by atoms with E-state index in [-0.39, 0.29) is 16.7 Å². The van der Waals surface area contributed by atoms with Gasteiger partial charge < -0.3 is 14.9 Å². The zero-order chi connectivity index (χ0) is 15.7. The van der Waals surface area contributed by atoms with Gasteiger partial charge in [-0.1, -0.05) is 48.5 Å². The van der Waals surface area contributed by atoms with Crippen LogP contribution in [0, 0.1) is 0 Å². The Morgan fingerprint density at radius 3 is 2.32 bits per heavy atom. The van der Waals surface area contributed by atoms with Crippen LogP contribution in [-0.2, 0) is 15.3 Å². The van der Waals surface area contributed by atoms with E-state index in [1.165, 1.54) is 24.3 Å². The van der Waals surface area contributed by atoms with E-state index in [2.05, 4.69) is 0 Å². The van der Waals surface area contributed by atoms with E-state index < -0.39 is 17.5 Å². The second-order valence-corrected chi connectivity index (χ2v) is 4.84. The van der Waals surface area contributed by atoms with Crippen LogP contribution < -0.4 is 0 Å². The average molecular weight is 296 g/mol. The minimum absolute atomic E-state index is 0.0883. The van der Waals surface area contributed by atoms with Crippen LogP contribution in [-0.4, -0.2) is 22.0 Å². The lowest BCUT2D eigenvalue weighted by atomic mass is 9.92. The van der Waals surface area contributed by atoms with E-state index in [0.717, 1.165) is 6.26 Å². The van der Waals surface area contributed by atoms with Gasteiger partial charge in [-0.05, 0) is 11.6 Å². The van der Waals surface area contributed by atoms with Crippen molar-refractivity contribution >= 4 is 17.3 Å². The van der Waals surface area contributed by atoms with Crippen molar-refractivity contribution in [3.63, 3.8) is 0 Å². The normalized spacial score (nSPS) is 20.4. The number of aliphatic hydroxyl groups is 1. The standard InChI is InChI=1S/C17H12O5/c18-15-13(11-6-2-1-3-7-11)10-22-17(15,21)14-9-5-4-8-12(14)16(19)20/h1-10,21H,(H,19,20). The molecule has 2 N–H and O–H groups in total. The molecule has 22 heavy (non-hydrogen) atoms. The van der Waals surface area contributed by atoms with Crippen molar-refractivity contribution in [2.75, 3.05) is 0 Å². The number of Topliss-reactive ketones (excluding diaryl/α,β-unsaturated/α-hetero) is 1. The zero-order valence-electron chi connectivity index (χ0n) is 11.4. The third-order valence-corrected chi connectivity index (χ3v) is 3.51. The molecule has 0 aliphatic carbocycles. The van der Waals surface area contributed by atoms with E-state index in [1.54, 1.807) is 30.3 Å². The van der Waals surface area contributed by atoms with Gasteiger partial charge >= 0.3 is 5.97 Å². The first-order chi connectivity index (χ1) is 10.5. The number of ketones is 1. The first-order valence-electron chi connectivity index (χ1n) is 6.57. The number of carbonyl (C=O) groups excluding carboxylic acids is 1. The molecule has 5 nitrogen and oxygen atoms in total. The number of carboxylic acids is 1. The van der Waals surface area contributed by atoms with Crippen molar-refractivity contribution in [1.82, 2.24) is 0 Å². The summed E-state index contributed by atoms with van der Waals surface area (Å²) < 4.78 is 5.18. The van der Waals surface area contributed by atoms with Crippen LogP contribution in [0.5, 0.6) is 0 Å². The van der Waals surface area contributed by atoms with Gasteiger partial charge in [0.15, 0.2) is 0 Å². The third-order valence-electron chi connectivity index (χ3n) is 3.51. The quantitative estimate of drug-likeness (QED) is 0.907. The number of hydrogen-bond acceptors (Lipinski definition) is 4. The maximum absolute atomic E-state index is 12.6. The maximum Gasteiger partial charge on any atom is 0.336 e. The number of carboxylic acid groups (broad SMARTS) is 1. The number of carbonyl (C=O) groups is 2. The fraction of sp³-hybridized carbons (Fsp3) is 0.0588. The molecule has 0 saturated carbocycles. The van der Waals surface area contributed by atoms with Crippen LogP contribution in [0.4, 0.5) is 0 Å². The predicted molar refractivity (Wildman–Crippen MR) is 77.8 cm³/mol. The van der Waals surface area contributed by atoms with Gasteiger partial charge in [-0.2, -0.15) is 0 Å². The molecule has 0 radical (unpaired) electrons. The summed E-state index contributed by atoms with van der Waals surface area (Å²) in [5.41, 5.74) is 0.523. The summed E-state index contributed by atoms with van der Waals surface area (Å²) in [7, 11) is 0. The van der Waals surface area contributed by atoms with Gasteiger partial charge in [0, 0.05) is 5.56 Å². The highest BCUT2D eigenvalue weighted by Crippen LogP contribution is 2.38. The smallest absolute Gasteiger partial charge is 0.336 e. The molecule has 1 aliphatic rings. The molecule has 0 saturated heterocycles. The zero-order valence-corrected chi connectivity index (χ0v) is 11.4. The van der Waals surface area contributed by atoms with Gasteiger partial charge in [0.05, 0.1) is 17.4 Å². The lowest BCUT2D eigenvalue weighted by Crippen LogP contribution is -2.35. The van der Waals surface area contributed by atoms with Crippen LogP contribution in [0.25, 0.3) is 5.57 Å². The average Bonchev–Trinajstić information content (AvgIpc) is 2.85. The Bertz CT molecular complexity index is 779. The van der Waals surface area contributed by atoms with Gasteiger partial charge in [-0.15, -0.1) is 0 Å². The number of aromatic carboxylic acids is 1. The minimum Gasteiger partial charge on any atom is -0.478 e. The van der Waals surface area contributed by atoms with E-state index >= 15 is 0 Å². The summed E-state index contributed by atoms with van der Waals surface area (Å²) in [6, 6.07) is 14.5. The third kappa shape index (κ3) is 2.08. The first-order valence-corrected chi connectivity index (χ1v) is 6.57. The number of rotatable bonds is 3. The fourth-order valence-corrected chi connectivity index (χ4v) is 2.40. The molecule has 0 amide bonds. The SMILES string of the molecule is O=C(O)c1ccccc1C1(O)OC=C(c2ccccc2)C1=O. The van der Waals surface area contributed by atoms with Gasteiger partial charge in [0.1, 0.15) is 0 Å². The summed E-state index contributed by atoms with van der Waals surface area (Å²) in [5.74, 6) is -4.25. The second kappa shape index (κ2) is 5.13. The molecule has 5 heteroatoms. The van der Waals surface area contributed by atoms with Gasteiger partial charge in [0.2, 0.25) is 5.78 Å². The largest absolute Gasteiger partial charge is 0.478 e. The molecule has 1 heterocycles. The topological polar surface area (TPSA) is 83.8 Å². The molecule has 0 aromatic heterocycles. The van der Waals surface area contributed by atoms with Gasteiger partial charge in [-0.3, -0.25) is 4.79 Å². The molecule has 2 aromatic carbocycles. The predicted octanol–water partition coefficient (Wildman–Crippen LogP) is 2.17. The number of ether oxygens (including phenoxy) is 1. The second-order valence-electron chi connectivity index (χ2n) is 4.84. The van der Waals surface area contributed by atoms with Crippen molar-refractivity contribution in [3.8, 4) is 0 Å². The van der Waals surface area contributed by atoms with Gasteiger partial charge in [0.25, 0.3) is 5.79 Å². The Morgan fingerprint density at radius 1 is 1.00 bits per heavy atom. The summed E-state index contributed by atoms with van der Waals surface area (Å²) >= 11 is 0. The highest BCUT2D eigenvalue weighted by Gasteiger charge is 2.48. The molecular weight excluding hydrogens is 284 g/mol. The Balaban J connectivity index is 2.04. The summed E-state index contributed by atoms with van der Waals surface area (Å²) in [6.07, 6.45) is 1.16. The number of hydrogen-bond donors (Lipinski definition) is 2. The Kier molecular flexibility index (Phi) is 3.27. The molecule has 0 fully saturated rings. The van der Waals surface area contributed by atoms with Crippen LogP contribution in [0.15, 0.2) is 60.9 Å². The summed E-state index contributed by atoms with van der Waals surface area (Å²) in [4.78, 5) is 23.9. The van der Waals surface area contributed by atoms with Crippen LogP contribution in [0.1, 0.15) is 21.5 Å². The van der Waals surface area contributed by atoms with Crippen molar-refractivity contribution in [1.29, 1.82) is 0 Å². The lowest BCUT2D eigenvalue weighted by molar-refractivity contribution is -0.177. The highest BCUT2D eigenvalue weighted by molar-refractivity contribution is 6.25. The molecule has 1 aliphatic heterocycles. The maximum atomic E-state index is 12.6. The monoisotopic (exact) mass is 296 g/mol. The summed E-state index contributed by atoms with van der Waals surface area (Å²) in [5, 5.41) is 19.8. The number of benzene rings is 2. The van der Waals surface area contributed by atoms with Crippen molar-refractivity contribution in [2.45, 2.75) is 5.79 Å². The molecule has 0 spiro atoms. The fourth-order valence-electron chi connectivity index (χ4n) is 2.40. The van der Waals surface area contributed by atoms with Gasteiger partial charge in [-0.25, -0.2) is 4.79 Å². The van der Waals surface area contributed by atoms with Crippen molar-refractivity contribution in [3.05, 3.63) is 77.5 Å². The van der Waals surface area contributed by atoms with E-state index in [9.17, 15) is 19.8 Å². The molecular formula is C17H12O5. The van der Waals surface area contributed by atoms with E-state index in [0.29, 0.717) is 5.56 Å². The molecule has 1 unspecified atom stereocenters. The van der Waals surface area contributed by atoms with Crippen LogP contribution in [0.2, 0.25) is 0 Å².